The van der Waals surface area contributed by atoms with Crippen LogP contribution in [0.4, 0.5) is 5.69 Å². The van der Waals surface area contributed by atoms with Gasteiger partial charge in [0.05, 0.1) is 11.2 Å². The van der Waals surface area contributed by atoms with Crippen LogP contribution in [0.1, 0.15) is 72.3 Å². The van der Waals surface area contributed by atoms with Crippen LogP contribution in [0.5, 0.6) is 0 Å². The van der Waals surface area contributed by atoms with Gasteiger partial charge in [0.25, 0.3) is 0 Å². The van der Waals surface area contributed by atoms with Gasteiger partial charge >= 0.3 is 7.12 Å². The monoisotopic (exact) mass is 327 g/mol. The van der Waals surface area contributed by atoms with Gasteiger partial charge in [0.1, 0.15) is 0 Å². The number of rotatable bonds is 1. The lowest BCUT2D eigenvalue weighted by Crippen LogP contribution is -2.41. The van der Waals surface area contributed by atoms with Crippen molar-refractivity contribution >= 4 is 18.3 Å². The minimum absolute atomic E-state index is 0.291. The Morgan fingerprint density at radius 3 is 2.38 bits per heavy atom. The Bertz CT molecular complexity index is 652. The smallest absolute Gasteiger partial charge is 0.399 e. The van der Waals surface area contributed by atoms with Crippen molar-refractivity contribution in [1.29, 1.82) is 0 Å². The molecule has 0 amide bonds. The SMILES string of the molecule is CC1(C)CCCC2c3cccc(B4OC(C)(C)C(C)(C)O4)c3NC21. The third kappa shape index (κ3) is 2.26. The highest BCUT2D eigenvalue weighted by Gasteiger charge is 2.53. The molecular formula is C20H30BNO2. The van der Waals surface area contributed by atoms with Gasteiger partial charge in [0.15, 0.2) is 0 Å². The van der Waals surface area contributed by atoms with Crippen molar-refractivity contribution < 1.29 is 9.31 Å². The quantitative estimate of drug-likeness (QED) is 0.789. The van der Waals surface area contributed by atoms with Crippen LogP contribution in [-0.4, -0.2) is 24.4 Å². The molecule has 24 heavy (non-hydrogen) atoms. The Morgan fingerprint density at radius 1 is 1.04 bits per heavy atom. The summed E-state index contributed by atoms with van der Waals surface area (Å²) < 4.78 is 12.6. The van der Waals surface area contributed by atoms with Gasteiger partial charge in [-0.3, -0.25) is 0 Å². The van der Waals surface area contributed by atoms with Crippen molar-refractivity contribution in [1.82, 2.24) is 0 Å². The molecule has 4 heteroatoms. The Hall–Kier alpha value is -0.995. The first-order valence-electron chi connectivity index (χ1n) is 9.37. The zero-order valence-corrected chi connectivity index (χ0v) is 15.9. The second kappa shape index (κ2) is 5.01. The summed E-state index contributed by atoms with van der Waals surface area (Å²) in [6, 6.07) is 7.15. The van der Waals surface area contributed by atoms with Crippen molar-refractivity contribution in [2.75, 3.05) is 5.32 Å². The minimum Gasteiger partial charge on any atom is -0.399 e. The summed E-state index contributed by atoms with van der Waals surface area (Å²) in [7, 11) is -0.291. The van der Waals surface area contributed by atoms with Crippen molar-refractivity contribution in [3.05, 3.63) is 23.8 Å². The first-order valence-corrected chi connectivity index (χ1v) is 9.37. The summed E-state index contributed by atoms with van der Waals surface area (Å²) in [4.78, 5) is 0. The highest BCUT2D eigenvalue weighted by molar-refractivity contribution is 6.64. The molecule has 0 radical (unpaired) electrons. The molecule has 1 aliphatic carbocycles. The maximum atomic E-state index is 6.32. The van der Waals surface area contributed by atoms with E-state index in [1.165, 1.54) is 30.5 Å². The lowest BCUT2D eigenvalue weighted by Gasteiger charge is -2.40. The fraction of sp³-hybridized carbons (Fsp3) is 0.700. The zero-order valence-electron chi connectivity index (χ0n) is 15.9. The maximum absolute atomic E-state index is 6.32. The van der Waals surface area contributed by atoms with Crippen LogP contribution in [0.2, 0.25) is 0 Å². The Kier molecular flexibility index (Phi) is 3.44. The lowest BCUT2D eigenvalue weighted by atomic mass is 9.67. The molecule has 0 aromatic heterocycles. The van der Waals surface area contributed by atoms with E-state index in [0.717, 1.165) is 5.46 Å². The van der Waals surface area contributed by atoms with E-state index in [0.29, 0.717) is 17.4 Å². The Morgan fingerprint density at radius 2 is 1.71 bits per heavy atom. The average Bonchev–Trinajstić information content (AvgIpc) is 2.95. The van der Waals surface area contributed by atoms with Crippen molar-refractivity contribution in [2.24, 2.45) is 5.41 Å². The molecule has 2 aliphatic heterocycles. The average molecular weight is 327 g/mol. The first-order chi connectivity index (χ1) is 11.1. The summed E-state index contributed by atoms with van der Waals surface area (Å²) in [5.74, 6) is 0.617. The molecule has 1 aromatic rings. The largest absolute Gasteiger partial charge is 0.496 e. The third-order valence-corrected chi connectivity index (χ3v) is 6.92. The van der Waals surface area contributed by atoms with E-state index >= 15 is 0 Å². The van der Waals surface area contributed by atoms with Gasteiger partial charge in [-0.15, -0.1) is 0 Å². The molecule has 2 heterocycles. The minimum atomic E-state index is -0.301. The lowest BCUT2D eigenvalue weighted by molar-refractivity contribution is 0.00578. The highest BCUT2D eigenvalue weighted by Crippen LogP contribution is 2.51. The molecule has 3 nitrogen and oxygen atoms in total. The predicted molar refractivity (Wildman–Crippen MR) is 99.9 cm³/mol. The number of para-hydroxylation sites is 1. The molecule has 1 saturated heterocycles. The number of anilines is 1. The van der Waals surface area contributed by atoms with E-state index in [1.807, 2.05) is 0 Å². The van der Waals surface area contributed by atoms with Crippen LogP contribution in [0, 0.1) is 5.41 Å². The maximum Gasteiger partial charge on any atom is 0.496 e. The van der Waals surface area contributed by atoms with Crippen LogP contribution >= 0.6 is 0 Å². The zero-order chi connectivity index (χ0) is 17.3. The van der Waals surface area contributed by atoms with E-state index in [1.54, 1.807) is 0 Å². The fourth-order valence-corrected chi connectivity index (χ4v) is 4.66. The summed E-state index contributed by atoms with van der Waals surface area (Å²) in [6.45, 7) is 13.3. The van der Waals surface area contributed by atoms with Crippen molar-refractivity contribution in [3.63, 3.8) is 0 Å². The predicted octanol–water partition coefficient (Wildman–Crippen LogP) is 4.07. The van der Waals surface area contributed by atoms with Gasteiger partial charge in [0, 0.05) is 23.1 Å². The number of hydrogen-bond acceptors (Lipinski definition) is 3. The van der Waals surface area contributed by atoms with Gasteiger partial charge in [-0.05, 0) is 51.5 Å². The fourth-order valence-electron chi connectivity index (χ4n) is 4.66. The van der Waals surface area contributed by atoms with Gasteiger partial charge in [-0.2, -0.15) is 0 Å². The van der Waals surface area contributed by atoms with Crippen molar-refractivity contribution in [2.45, 2.75) is 84.0 Å². The van der Waals surface area contributed by atoms with Crippen LogP contribution in [0.25, 0.3) is 0 Å². The van der Waals surface area contributed by atoms with Crippen molar-refractivity contribution in [3.8, 4) is 0 Å². The summed E-state index contributed by atoms with van der Waals surface area (Å²) in [5, 5.41) is 3.87. The first kappa shape index (κ1) is 16.5. The van der Waals surface area contributed by atoms with E-state index in [9.17, 15) is 0 Å². The number of benzene rings is 1. The molecule has 0 spiro atoms. The molecule has 1 aromatic carbocycles. The van der Waals surface area contributed by atoms with E-state index < -0.39 is 0 Å². The third-order valence-electron chi connectivity index (χ3n) is 6.92. The molecule has 1 N–H and O–H groups in total. The number of fused-ring (bicyclic) bond motifs is 3. The normalized spacial score (nSPS) is 32.2. The summed E-state index contributed by atoms with van der Waals surface area (Å²) >= 11 is 0. The highest BCUT2D eigenvalue weighted by atomic mass is 16.7. The van der Waals surface area contributed by atoms with Crippen LogP contribution < -0.4 is 10.8 Å². The molecule has 4 rings (SSSR count). The summed E-state index contributed by atoms with van der Waals surface area (Å²) in [6.07, 6.45) is 3.89. The Balaban J connectivity index is 1.72. The number of nitrogens with one attached hydrogen (secondary N) is 1. The van der Waals surface area contributed by atoms with Gasteiger partial charge < -0.3 is 14.6 Å². The molecular weight excluding hydrogens is 297 g/mol. The number of hydrogen-bond donors (Lipinski definition) is 1. The molecule has 130 valence electrons. The summed E-state index contributed by atoms with van der Waals surface area (Å²) in [5.41, 5.74) is 3.61. The van der Waals surface area contributed by atoms with Gasteiger partial charge in [-0.1, -0.05) is 38.5 Å². The van der Waals surface area contributed by atoms with Gasteiger partial charge in [-0.25, -0.2) is 0 Å². The molecule has 2 fully saturated rings. The molecule has 3 aliphatic rings. The molecule has 1 saturated carbocycles. The van der Waals surface area contributed by atoms with E-state index in [4.69, 9.17) is 9.31 Å². The Labute approximate surface area is 146 Å². The second-order valence-corrected chi connectivity index (χ2v) is 9.51. The van der Waals surface area contributed by atoms with E-state index in [-0.39, 0.29) is 18.3 Å². The molecule has 0 bridgehead atoms. The van der Waals surface area contributed by atoms with E-state index in [2.05, 4.69) is 65.1 Å². The van der Waals surface area contributed by atoms with Crippen LogP contribution in [-0.2, 0) is 9.31 Å². The second-order valence-electron chi connectivity index (χ2n) is 9.51. The van der Waals surface area contributed by atoms with Crippen LogP contribution in [0.3, 0.4) is 0 Å². The molecule has 2 unspecified atom stereocenters. The topological polar surface area (TPSA) is 30.5 Å². The standard InChI is InChI=1S/C20H30BNO2/c1-18(2)12-8-10-14-13-9-7-11-15(16(13)22-17(14)18)21-23-19(3,4)20(5,6)24-21/h7,9,11,14,17,22H,8,10,12H2,1-6H3. The van der Waals surface area contributed by atoms with Gasteiger partial charge in [0.2, 0.25) is 0 Å². The van der Waals surface area contributed by atoms with Crippen LogP contribution in [0.15, 0.2) is 18.2 Å². The molecule has 2 atom stereocenters.